The number of rotatable bonds is 12. The maximum atomic E-state index is 5.95. The van der Waals surface area contributed by atoms with Gasteiger partial charge in [0, 0.05) is 0 Å². The first-order chi connectivity index (χ1) is 14.6. The van der Waals surface area contributed by atoms with Crippen molar-refractivity contribution >= 4 is 5.71 Å². The summed E-state index contributed by atoms with van der Waals surface area (Å²) < 4.78 is 17.4. The molecule has 2 aromatic rings. The first-order valence-electron chi connectivity index (χ1n) is 10.3. The Morgan fingerprint density at radius 3 is 2.30 bits per heavy atom. The van der Waals surface area contributed by atoms with E-state index in [1.54, 1.807) is 7.11 Å². The van der Waals surface area contributed by atoms with Gasteiger partial charge in [0.1, 0.15) is 31.8 Å². The van der Waals surface area contributed by atoms with Crippen molar-refractivity contribution in [2.45, 2.75) is 40.7 Å². The highest BCUT2D eigenvalue weighted by Crippen LogP contribution is 2.28. The van der Waals surface area contributed by atoms with Crippen LogP contribution in [0.4, 0.5) is 0 Å². The van der Waals surface area contributed by atoms with Gasteiger partial charge in [-0.1, -0.05) is 48.5 Å². The van der Waals surface area contributed by atoms with Gasteiger partial charge in [-0.05, 0) is 61.6 Å². The average Bonchev–Trinajstić information content (AvgIpc) is 2.74. The molecular weight excluding hydrogens is 378 g/mol. The van der Waals surface area contributed by atoms with Gasteiger partial charge in [-0.25, -0.2) is 0 Å². The molecule has 2 rings (SSSR count). The van der Waals surface area contributed by atoms with Crippen LogP contribution in [0.3, 0.4) is 0 Å². The normalized spacial score (nSPS) is 11.7. The molecule has 0 radical (unpaired) electrons. The lowest BCUT2D eigenvalue weighted by Crippen LogP contribution is -2.08. The number of aryl methyl sites for hydroxylation is 2. The highest BCUT2D eigenvalue weighted by atomic mass is 16.6. The monoisotopic (exact) mass is 411 g/mol. The van der Waals surface area contributed by atoms with Crippen LogP contribution in [0.2, 0.25) is 0 Å². The predicted molar refractivity (Wildman–Crippen MR) is 122 cm³/mol. The molecule has 0 unspecified atom stereocenters. The topological polar surface area (TPSA) is 49.3 Å². The van der Waals surface area contributed by atoms with Gasteiger partial charge in [0.25, 0.3) is 0 Å². The Morgan fingerprint density at radius 1 is 1.00 bits per heavy atom. The molecule has 0 atom stereocenters. The zero-order valence-corrected chi connectivity index (χ0v) is 18.7. The number of hydrogen-bond acceptors (Lipinski definition) is 5. The third-order valence-electron chi connectivity index (χ3n) is 4.58. The molecular formula is C25H33NO4. The quantitative estimate of drug-likeness (QED) is 0.197. The van der Waals surface area contributed by atoms with Crippen molar-refractivity contribution in [3.05, 3.63) is 70.8 Å². The minimum absolute atomic E-state index is 0.499. The maximum Gasteiger partial charge on any atom is 0.125 e. The molecule has 5 heteroatoms. The molecule has 0 heterocycles. The zero-order chi connectivity index (χ0) is 21.8. The van der Waals surface area contributed by atoms with E-state index in [-0.39, 0.29) is 0 Å². The van der Waals surface area contributed by atoms with Crippen LogP contribution in [-0.2, 0) is 16.2 Å². The highest BCUT2D eigenvalue weighted by molar-refractivity contribution is 6.00. The van der Waals surface area contributed by atoms with Crippen molar-refractivity contribution in [2.75, 3.05) is 26.9 Å². The Labute approximate surface area is 180 Å². The molecule has 0 aromatic heterocycles. The Balaban J connectivity index is 1.79. The second-order valence-electron chi connectivity index (χ2n) is 6.94. The highest BCUT2D eigenvalue weighted by Gasteiger charge is 2.07. The molecule has 0 saturated heterocycles. The molecule has 0 amide bonds. The molecule has 5 nitrogen and oxygen atoms in total. The summed E-state index contributed by atoms with van der Waals surface area (Å²) in [5, 5.41) is 4.05. The first-order valence-corrected chi connectivity index (χ1v) is 10.3. The zero-order valence-electron chi connectivity index (χ0n) is 18.7. The summed E-state index contributed by atoms with van der Waals surface area (Å²) in [5.41, 5.74) is 5.23. The SMILES string of the molecule is C/C=C/COc1cc(C)c(OCCOCc2ccc(/C(CC)=N/OC)cc2)c(C)c1. The molecule has 0 saturated carbocycles. The van der Waals surface area contributed by atoms with E-state index in [2.05, 4.69) is 24.2 Å². The van der Waals surface area contributed by atoms with Crippen LogP contribution in [0.25, 0.3) is 0 Å². The van der Waals surface area contributed by atoms with Gasteiger partial charge in [-0.3, -0.25) is 0 Å². The largest absolute Gasteiger partial charge is 0.491 e. The molecule has 2 aromatic carbocycles. The van der Waals surface area contributed by atoms with Gasteiger partial charge in [0.05, 0.1) is 18.9 Å². The second-order valence-corrected chi connectivity index (χ2v) is 6.94. The molecule has 0 aliphatic heterocycles. The number of ether oxygens (including phenoxy) is 3. The lowest BCUT2D eigenvalue weighted by atomic mass is 10.1. The molecule has 0 spiro atoms. The van der Waals surface area contributed by atoms with Gasteiger partial charge in [0.15, 0.2) is 0 Å². The fourth-order valence-electron chi connectivity index (χ4n) is 3.08. The fraction of sp³-hybridized carbons (Fsp3) is 0.400. The van der Waals surface area contributed by atoms with Gasteiger partial charge in [-0.15, -0.1) is 0 Å². The Bertz CT molecular complexity index is 818. The molecule has 0 fully saturated rings. The molecule has 162 valence electrons. The summed E-state index contributed by atoms with van der Waals surface area (Å²) >= 11 is 0. The lowest BCUT2D eigenvalue weighted by Gasteiger charge is -2.14. The van der Waals surface area contributed by atoms with Gasteiger partial charge in [-0.2, -0.15) is 0 Å². The van der Waals surface area contributed by atoms with E-state index < -0.39 is 0 Å². The number of benzene rings is 2. The summed E-state index contributed by atoms with van der Waals surface area (Å²) in [4.78, 5) is 4.89. The van der Waals surface area contributed by atoms with Crippen molar-refractivity contribution in [2.24, 2.45) is 5.16 Å². The van der Waals surface area contributed by atoms with E-state index in [1.165, 1.54) is 0 Å². The number of oxime groups is 1. The van der Waals surface area contributed by atoms with Crippen LogP contribution in [-0.4, -0.2) is 32.6 Å². The molecule has 0 aliphatic rings. The van der Waals surface area contributed by atoms with Crippen molar-refractivity contribution < 1.29 is 19.0 Å². The summed E-state index contributed by atoms with van der Waals surface area (Å²) in [6.45, 7) is 10.2. The minimum Gasteiger partial charge on any atom is -0.491 e. The Kier molecular flexibility index (Phi) is 9.95. The smallest absolute Gasteiger partial charge is 0.125 e. The van der Waals surface area contributed by atoms with Crippen LogP contribution < -0.4 is 9.47 Å². The van der Waals surface area contributed by atoms with Crippen LogP contribution in [0.1, 0.15) is 42.5 Å². The number of hydrogen-bond donors (Lipinski definition) is 0. The number of nitrogens with zero attached hydrogens (tertiary/aromatic N) is 1. The van der Waals surface area contributed by atoms with E-state index in [1.807, 2.05) is 57.2 Å². The molecule has 0 aliphatic carbocycles. The van der Waals surface area contributed by atoms with E-state index in [4.69, 9.17) is 19.0 Å². The second kappa shape index (κ2) is 12.7. The van der Waals surface area contributed by atoms with Crippen LogP contribution >= 0.6 is 0 Å². The van der Waals surface area contributed by atoms with Crippen molar-refractivity contribution in [1.29, 1.82) is 0 Å². The summed E-state index contributed by atoms with van der Waals surface area (Å²) in [5.74, 6) is 1.75. The van der Waals surface area contributed by atoms with Gasteiger partial charge in [0.2, 0.25) is 0 Å². The Morgan fingerprint density at radius 2 is 1.70 bits per heavy atom. The lowest BCUT2D eigenvalue weighted by molar-refractivity contribution is 0.0885. The predicted octanol–water partition coefficient (Wildman–Crippen LogP) is 5.61. The number of allylic oxidation sites excluding steroid dienone is 1. The van der Waals surface area contributed by atoms with Crippen LogP contribution in [0.15, 0.2) is 53.7 Å². The van der Waals surface area contributed by atoms with Crippen molar-refractivity contribution in [3.8, 4) is 11.5 Å². The third kappa shape index (κ3) is 7.23. The fourth-order valence-corrected chi connectivity index (χ4v) is 3.08. The van der Waals surface area contributed by atoms with Crippen LogP contribution in [0.5, 0.6) is 11.5 Å². The Hall–Kier alpha value is -2.79. The molecule has 30 heavy (non-hydrogen) atoms. The molecule has 0 bridgehead atoms. The van der Waals surface area contributed by atoms with E-state index in [0.717, 1.165) is 45.9 Å². The standard InChI is InChI=1S/C25H33NO4/c1-6-8-13-29-23-16-19(3)25(20(4)17-23)30-15-14-28-18-21-9-11-22(12-10-21)24(7-2)26-27-5/h6,8-12,16-17H,7,13-15,18H2,1-5H3/b8-6+,26-24+. The van der Waals surface area contributed by atoms with Gasteiger partial charge < -0.3 is 19.0 Å². The molecule has 0 N–H and O–H groups in total. The summed E-state index contributed by atoms with van der Waals surface area (Å²) in [6.07, 6.45) is 4.78. The summed E-state index contributed by atoms with van der Waals surface area (Å²) in [7, 11) is 1.57. The maximum absolute atomic E-state index is 5.95. The third-order valence-corrected chi connectivity index (χ3v) is 4.58. The van der Waals surface area contributed by atoms with Crippen molar-refractivity contribution in [1.82, 2.24) is 0 Å². The van der Waals surface area contributed by atoms with Crippen LogP contribution in [0, 0.1) is 13.8 Å². The van der Waals surface area contributed by atoms with E-state index in [9.17, 15) is 0 Å². The average molecular weight is 412 g/mol. The summed E-state index contributed by atoms with van der Waals surface area (Å²) in [6, 6.07) is 12.2. The van der Waals surface area contributed by atoms with Gasteiger partial charge >= 0.3 is 0 Å². The van der Waals surface area contributed by atoms with E-state index >= 15 is 0 Å². The van der Waals surface area contributed by atoms with Crippen molar-refractivity contribution in [3.63, 3.8) is 0 Å². The van der Waals surface area contributed by atoms with E-state index in [0.29, 0.717) is 26.4 Å². The first kappa shape index (κ1) is 23.5. The minimum atomic E-state index is 0.499.